The van der Waals surface area contributed by atoms with Crippen LogP contribution in [0.1, 0.15) is 5.56 Å². The van der Waals surface area contributed by atoms with E-state index in [0.29, 0.717) is 5.02 Å². The fraction of sp³-hybridized carbons (Fsp3) is 0.333. The zero-order valence-electron chi connectivity index (χ0n) is 6.86. The van der Waals surface area contributed by atoms with Crippen LogP contribution in [0.2, 0.25) is 5.02 Å². The van der Waals surface area contributed by atoms with Gasteiger partial charge in [-0.15, -0.1) is 0 Å². The number of hydrogen-bond donors (Lipinski definition) is 1. The molecule has 1 aromatic carbocycles. The lowest BCUT2D eigenvalue weighted by atomic mass is 10.1. The van der Waals surface area contributed by atoms with Gasteiger partial charge >= 0.3 is 0 Å². The topological polar surface area (TPSA) is 21.3 Å². The van der Waals surface area contributed by atoms with Crippen molar-refractivity contribution in [2.24, 2.45) is 0 Å². The monoisotopic (exact) mass is 183 g/mol. The maximum Gasteiger partial charge on any atom is 0.142 e. The van der Waals surface area contributed by atoms with Crippen molar-refractivity contribution in [2.75, 3.05) is 19.0 Å². The number of ether oxygens (including phenoxy) is 1. The average molecular weight is 184 g/mol. The lowest BCUT2D eigenvalue weighted by Crippen LogP contribution is -1.90. The predicted octanol–water partition coefficient (Wildman–Crippen LogP) is 2.32. The third-order valence-electron chi connectivity index (χ3n) is 2.11. The molecule has 2 nitrogen and oxygen atoms in total. The summed E-state index contributed by atoms with van der Waals surface area (Å²) in [6, 6.07) is 3.85. The highest BCUT2D eigenvalue weighted by Gasteiger charge is 2.16. The number of halogens is 1. The quantitative estimate of drug-likeness (QED) is 0.722. The Morgan fingerprint density at radius 3 is 3.08 bits per heavy atom. The van der Waals surface area contributed by atoms with Gasteiger partial charge in [-0.2, -0.15) is 0 Å². The van der Waals surface area contributed by atoms with Gasteiger partial charge in [-0.05, 0) is 18.6 Å². The van der Waals surface area contributed by atoms with E-state index in [2.05, 4.69) is 5.32 Å². The molecule has 0 unspecified atom stereocenters. The number of hydrogen-bond acceptors (Lipinski definition) is 2. The minimum Gasteiger partial charge on any atom is -0.495 e. The van der Waals surface area contributed by atoms with Crippen LogP contribution in [-0.4, -0.2) is 13.7 Å². The van der Waals surface area contributed by atoms with Gasteiger partial charge < -0.3 is 10.1 Å². The van der Waals surface area contributed by atoms with Crippen LogP contribution in [0, 0.1) is 0 Å². The summed E-state index contributed by atoms with van der Waals surface area (Å²) in [6.45, 7) is 0.978. The first-order chi connectivity index (χ1) is 5.83. The van der Waals surface area contributed by atoms with E-state index in [1.165, 1.54) is 5.56 Å². The Labute approximate surface area is 76.5 Å². The zero-order valence-corrected chi connectivity index (χ0v) is 7.61. The fourth-order valence-electron chi connectivity index (χ4n) is 1.56. The normalized spacial score (nSPS) is 13.8. The summed E-state index contributed by atoms with van der Waals surface area (Å²) in [6.07, 6.45) is 0.999. The molecule has 0 saturated heterocycles. The van der Waals surface area contributed by atoms with E-state index in [9.17, 15) is 0 Å². The summed E-state index contributed by atoms with van der Waals surface area (Å²) in [7, 11) is 1.65. The third kappa shape index (κ3) is 1.03. The Balaban J connectivity index is 2.57. The van der Waals surface area contributed by atoms with Crippen molar-refractivity contribution in [3.05, 3.63) is 22.7 Å². The van der Waals surface area contributed by atoms with Gasteiger partial charge in [0.05, 0.1) is 12.1 Å². The van der Waals surface area contributed by atoms with Crippen LogP contribution in [0.5, 0.6) is 5.75 Å². The van der Waals surface area contributed by atoms with Crippen molar-refractivity contribution < 1.29 is 4.74 Å². The van der Waals surface area contributed by atoms with Crippen molar-refractivity contribution >= 4 is 17.3 Å². The Morgan fingerprint density at radius 1 is 1.50 bits per heavy atom. The Bertz CT molecular complexity index is 312. The van der Waals surface area contributed by atoms with Crippen LogP contribution in [0.4, 0.5) is 5.69 Å². The summed E-state index contributed by atoms with van der Waals surface area (Å²) in [5.74, 6) is 0.819. The van der Waals surface area contributed by atoms with E-state index in [0.717, 1.165) is 24.4 Å². The molecule has 0 amide bonds. The Morgan fingerprint density at radius 2 is 2.33 bits per heavy atom. The fourth-order valence-corrected chi connectivity index (χ4v) is 1.81. The average Bonchev–Trinajstić information content (AvgIpc) is 2.52. The number of fused-ring (bicyclic) bond motifs is 1. The van der Waals surface area contributed by atoms with E-state index in [1.807, 2.05) is 12.1 Å². The van der Waals surface area contributed by atoms with Gasteiger partial charge in [0.2, 0.25) is 0 Å². The molecule has 12 heavy (non-hydrogen) atoms. The van der Waals surface area contributed by atoms with Crippen molar-refractivity contribution in [1.29, 1.82) is 0 Å². The van der Waals surface area contributed by atoms with E-state index in [1.54, 1.807) is 7.11 Å². The van der Waals surface area contributed by atoms with Gasteiger partial charge in [0, 0.05) is 17.8 Å². The summed E-state index contributed by atoms with van der Waals surface area (Å²) in [4.78, 5) is 0. The Hall–Kier alpha value is -0.890. The molecule has 0 radical (unpaired) electrons. The van der Waals surface area contributed by atoms with Gasteiger partial charge in [0.15, 0.2) is 0 Å². The van der Waals surface area contributed by atoms with Crippen LogP contribution in [0.3, 0.4) is 0 Å². The number of benzene rings is 1. The number of nitrogens with one attached hydrogen (secondary N) is 1. The standard InChI is InChI=1S/C9H10ClNO/c1-12-9-6-4-5-11-8(6)3-2-7(9)10/h2-3,11H,4-5H2,1H3. The predicted molar refractivity (Wildman–Crippen MR) is 50.2 cm³/mol. The molecule has 1 N–H and O–H groups in total. The molecule has 0 aliphatic carbocycles. The molecular formula is C9H10ClNO. The molecule has 1 aliphatic rings. The second kappa shape index (κ2) is 2.87. The SMILES string of the molecule is COc1c(Cl)ccc2c1CCN2. The highest BCUT2D eigenvalue weighted by molar-refractivity contribution is 6.32. The molecule has 0 saturated carbocycles. The van der Waals surface area contributed by atoms with Crippen LogP contribution < -0.4 is 10.1 Å². The minimum absolute atomic E-state index is 0.694. The first-order valence-electron chi connectivity index (χ1n) is 3.92. The van der Waals surface area contributed by atoms with Crippen molar-refractivity contribution in [3.63, 3.8) is 0 Å². The second-order valence-electron chi connectivity index (χ2n) is 2.78. The maximum atomic E-state index is 5.96. The number of rotatable bonds is 1. The van der Waals surface area contributed by atoms with Crippen molar-refractivity contribution in [2.45, 2.75) is 6.42 Å². The van der Waals surface area contributed by atoms with Gasteiger partial charge in [0.1, 0.15) is 5.75 Å². The van der Waals surface area contributed by atoms with Crippen molar-refractivity contribution in [1.82, 2.24) is 0 Å². The molecule has 1 aromatic rings. The van der Waals surface area contributed by atoms with Gasteiger partial charge in [0.25, 0.3) is 0 Å². The molecule has 2 rings (SSSR count). The number of anilines is 1. The summed E-state index contributed by atoms with van der Waals surface area (Å²) >= 11 is 5.96. The lowest BCUT2D eigenvalue weighted by Gasteiger charge is -2.07. The maximum absolute atomic E-state index is 5.96. The van der Waals surface area contributed by atoms with E-state index >= 15 is 0 Å². The lowest BCUT2D eigenvalue weighted by molar-refractivity contribution is 0.411. The molecular weight excluding hydrogens is 174 g/mol. The smallest absolute Gasteiger partial charge is 0.142 e. The molecule has 1 heterocycles. The highest BCUT2D eigenvalue weighted by atomic mass is 35.5. The molecule has 0 spiro atoms. The molecule has 1 aliphatic heterocycles. The van der Waals surface area contributed by atoms with E-state index in [-0.39, 0.29) is 0 Å². The molecule has 0 atom stereocenters. The number of methoxy groups -OCH3 is 1. The molecule has 0 aromatic heterocycles. The van der Waals surface area contributed by atoms with Crippen molar-refractivity contribution in [3.8, 4) is 5.75 Å². The highest BCUT2D eigenvalue weighted by Crippen LogP contribution is 2.36. The minimum atomic E-state index is 0.694. The zero-order chi connectivity index (χ0) is 8.55. The first kappa shape index (κ1) is 7.74. The summed E-state index contributed by atoms with van der Waals surface area (Å²) in [5.41, 5.74) is 2.35. The molecule has 3 heteroatoms. The molecule has 64 valence electrons. The van der Waals surface area contributed by atoms with Gasteiger partial charge in [-0.25, -0.2) is 0 Å². The van der Waals surface area contributed by atoms with Crippen LogP contribution >= 0.6 is 11.6 Å². The first-order valence-corrected chi connectivity index (χ1v) is 4.30. The van der Waals surface area contributed by atoms with E-state index in [4.69, 9.17) is 16.3 Å². The summed E-state index contributed by atoms with van der Waals surface area (Å²) < 4.78 is 5.22. The van der Waals surface area contributed by atoms with Crippen LogP contribution in [-0.2, 0) is 6.42 Å². The van der Waals surface area contributed by atoms with Crippen LogP contribution in [0.25, 0.3) is 0 Å². The Kier molecular flexibility index (Phi) is 1.85. The van der Waals surface area contributed by atoms with Gasteiger partial charge in [-0.3, -0.25) is 0 Å². The molecule has 0 fully saturated rings. The third-order valence-corrected chi connectivity index (χ3v) is 2.40. The largest absolute Gasteiger partial charge is 0.495 e. The second-order valence-corrected chi connectivity index (χ2v) is 3.19. The summed E-state index contributed by atoms with van der Waals surface area (Å²) in [5, 5.41) is 3.96. The van der Waals surface area contributed by atoms with Gasteiger partial charge in [-0.1, -0.05) is 11.6 Å². The van der Waals surface area contributed by atoms with Crippen LogP contribution in [0.15, 0.2) is 12.1 Å². The molecule has 0 bridgehead atoms. The van der Waals surface area contributed by atoms with E-state index < -0.39 is 0 Å².